The molecule has 84 valence electrons. The molecule has 1 saturated carbocycles. The molecule has 0 amide bonds. The molecule has 1 rings (SSSR count). The molecular weight excluding hydrogens is 168 g/mol. The van der Waals surface area contributed by atoms with Gasteiger partial charge >= 0.3 is 0 Å². The van der Waals surface area contributed by atoms with Gasteiger partial charge in [0.05, 0.1) is 0 Å². The van der Waals surface area contributed by atoms with Crippen molar-refractivity contribution in [1.29, 1.82) is 0 Å². The molecule has 0 saturated heterocycles. The minimum Gasteiger partial charge on any atom is -0.0654 e. The van der Waals surface area contributed by atoms with Gasteiger partial charge in [-0.25, -0.2) is 0 Å². The van der Waals surface area contributed by atoms with E-state index in [9.17, 15) is 0 Å². The molecule has 0 nitrogen and oxygen atoms in total. The summed E-state index contributed by atoms with van der Waals surface area (Å²) in [6.45, 7) is 9.59. The molecule has 0 aliphatic heterocycles. The van der Waals surface area contributed by atoms with Crippen molar-refractivity contribution in [2.24, 2.45) is 23.7 Å². The Morgan fingerprint density at radius 1 is 1.21 bits per heavy atom. The van der Waals surface area contributed by atoms with Crippen molar-refractivity contribution in [2.75, 3.05) is 0 Å². The third-order valence-corrected chi connectivity index (χ3v) is 4.09. The lowest BCUT2D eigenvalue weighted by Gasteiger charge is -2.37. The minimum atomic E-state index is 0.907. The first-order chi connectivity index (χ1) is 6.65. The van der Waals surface area contributed by atoms with Crippen molar-refractivity contribution in [2.45, 2.75) is 66.2 Å². The average molecular weight is 196 g/mol. The Balaban J connectivity index is 2.45. The SMILES string of the molecule is CCCCC1CC(C)CCC1C(C)C. The van der Waals surface area contributed by atoms with E-state index in [1.165, 1.54) is 38.5 Å². The summed E-state index contributed by atoms with van der Waals surface area (Å²) in [4.78, 5) is 0. The number of rotatable bonds is 4. The zero-order valence-electron chi connectivity index (χ0n) is 10.6. The van der Waals surface area contributed by atoms with Gasteiger partial charge in [-0.3, -0.25) is 0 Å². The summed E-state index contributed by atoms with van der Waals surface area (Å²) >= 11 is 0. The quantitative estimate of drug-likeness (QED) is 0.601. The predicted octanol–water partition coefficient (Wildman–Crippen LogP) is 4.89. The summed E-state index contributed by atoms with van der Waals surface area (Å²) in [7, 11) is 0. The highest BCUT2D eigenvalue weighted by Gasteiger charge is 2.29. The van der Waals surface area contributed by atoms with Crippen LogP contribution in [0.1, 0.15) is 66.2 Å². The van der Waals surface area contributed by atoms with Crippen molar-refractivity contribution < 1.29 is 0 Å². The fraction of sp³-hybridized carbons (Fsp3) is 1.00. The molecule has 0 aromatic heterocycles. The summed E-state index contributed by atoms with van der Waals surface area (Å²) in [6.07, 6.45) is 8.78. The Morgan fingerprint density at radius 3 is 2.50 bits per heavy atom. The van der Waals surface area contributed by atoms with Gasteiger partial charge in [-0.15, -0.1) is 0 Å². The molecule has 0 radical (unpaired) electrons. The molecule has 0 bridgehead atoms. The van der Waals surface area contributed by atoms with E-state index in [1.807, 2.05) is 0 Å². The van der Waals surface area contributed by atoms with Crippen molar-refractivity contribution >= 4 is 0 Å². The van der Waals surface area contributed by atoms with Crippen LogP contribution in [0.4, 0.5) is 0 Å². The van der Waals surface area contributed by atoms with Crippen molar-refractivity contribution in [3.8, 4) is 0 Å². The Morgan fingerprint density at radius 2 is 1.93 bits per heavy atom. The fourth-order valence-electron chi connectivity index (χ4n) is 3.20. The predicted molar refractivity (Wildman–Crippen MR) is 64.4 cm³/mol. The maximum Gasteiger partial charge on any atom is -0.0362 e. The molecular formula is C14H28. The van der Waals surface area contributed by atoms with Crippen LogP contribution in [0, 0.1) is 23.7 Å². The summed E-state index contributed by atoms with van der Waals surface area (Å²) in [5, 5.41) is 0. The summed E-state index contributed by atoms with van der Waals surface area (Å²) in [6, 6.07) is 0. The summed E-state index contributed by atoms with van der Waals surface area (Å²) in [5.41, 5.74) is 0. The maximum atomic E-state index is 2.44. The molecule has 1 aliphatic rings. The van der Waals surface area contributed by atoms with Crippen molar-refractivity contribution in [3.63, 3.8) is 0 Å². The summed E-state index contributed by atoms with van der Waals surface area (Å²) < 4.78 is 0. The topological polar surface area (TPSA) is 0 Å². The molecule has 0 heteroatoms. The molecule has 0 N–H and O–H groups in total. The maximum absolute atomic E-state index is 2.44. The first kappa shape index (κ1) is 12.1. The van der Waals surface area contributed by atoms with Crippen LogP contribution in [-0.4, -0.2) is 0 Å². The lowest BCUT2D eigenvalue weighted by Crippen LogP contribution is -2.27. The monoisotopic (exact) mass is 196 g/mol. The normalized spacial score (nSPS) is 33.6. The molecule has 0 aromatic carbocycles. The highest BCUT2D eigenvalue weighted by Crippen LogP contribution is 2.40. The van der Waals surface area contributed by atoms with Crippen LogP contribution in [0.25, 0.3) is 0 Å². The Hall–Kier alpha value is 0. The van der Waals surface area contributed by atoms with Crippen LogP contribution in [0.15, 0.2) is 0 Å². The number of hydrogen-bond donors (Lipinski definition) is 0. The first-order valence-electron chi connectivity index (χ1n) is 6.65. The smallest absolute Gasteiger partial charge is 0.0362 e. The third kappa shape index (κ3) is 3.29. The second kappa shape index (κ2) is 5.78. The zero-order valence-corrected chi connectivity index (χ0v) is 10.6. The minimum absolute atomic E-state index is 0.907. The molecule has 0 aromatic rings. The first-order valence-corrected chi connectivity index (χ1v) is 6.65. The van der Waals surface area contributed by atoms with Gasteiger partial charge in [0.15, 0.2) is 0 Å². The van der Waals surface area contributed by atoms with Gasteiger partial charge in [0, 0.05) is 0 Å². The van der Waals surface area contributed by atoms with E-state index in [0.29, 0.717) is 0 Å². The largest absolute Gasteiger partial charge is 0.0654 e. The highest BCUT2D eigenvalue weighted by molar-refractivity contribution is 4.80. The Labute approximate surface area is 90.5 Å². The van der Waals surface area contributed by atoms with Gasteiger partial charge < -0.3 is 0 Å². The van der Waals surface area contributed by atoms with E-state index in [4.69, 9.17) is 0 Å². The lowest BCUT2D eigenvalue weighted by atomic mass is 9.68. The summed E-state index contributed by atoms with van der Waals surface area (Å²) in [5.74, 6) is 3.97. The standard InChI is InChI=1S/C14H28/c1-5-6-7-13-10-12(4)8-9-14(13)11(2)3/h11-14H,5-10H2,1-4H3. The van der Waals surface area contributed by atoms with Crippen LogP contribution < -0.4 is 0 Å². The van der Waals surface area contributed by atoms with Crippen LogP contribution in [-0.2, 0) is 0 Å². The molecule has 1 fully saturated rings. The Kier molecular flexibility index (Phi) is 4.98. The van der Waals surface area contributed by atoms with Gasteiger partial charge in [-0.05, 0) is 36.5 Å². The highest BCUT2D eigenvalue weighted by atomic mass is 14.3. The van der Waals surface area contributed by atoms with E-state index in [0.717, 1.165) is 23.7 Å². The van der Waals surface area contributed by atoms with Crippen LogP contribution >= 0.6 is 0 Å². The molecule has 0 heterocycles. The van der Waals surface area contributed by atoms with Gasteiger partial charge in [-0.2, -0.15) is 0 Å². The number of hydrogen-bond acceptors (Lipinski definition) is 0. The van der Waals surface area contributed by atoms with Crippen LogP contribution in [0.5, 0.6) is 0 Å². The van der Waals surface area contributed by atoms with Gasteiger partial charge in [-0.1, -0.05) is 53.4 Å². The van der Waals surface area contributed by atoms with E-state index in [-0.39, 0.29) is 0 Å². The molecule has 1 aliphatic carbocycles. The second-order valence-electron chi connectivity index (χ2n) is 5.73. The van der Waals surface area contributed by atoms with E-state index in [2.05, 4.69) is 27.7 Å². The average Bonchev–Trinajstić information content (AvgIpc) is 2.14. The zero-order chi connectivity index (χ0) is 10.6. The molecule has 0 spiro atoms. The lowest BCUT2D eigenvalue weighted by molar-refractivity contribution is 0.134. The molecule has 3 atom stereocenters. The van der Waals surface area contributed by atoms with Gasteiger partial charge in [0.2, 0.25) is 0 Å². The van der Waals surface area contributed by atoms with Crippen molar-refractivity contribution in [3.05, 3.63) is 0 Å². The Bertz CT molecular complexity index is 148. The van der Waals surface area contributed by atoms with E-state index < -0.39 is 0 Å². The van der Waals surface area contributed by atoms with Crippen molar-refractivity contribution in [1.82, 2.24) is 0 Å². The molecule has 14 heavy (non-hydrogen) atoms. The molecule has 3 unspecified atom stereocenters. The fourth-order valence-corrected chi connectivity index (χ4v) is 3.20. The number of unbranched alkanes of at least 4 members (excludes halogenated alkanes) is 1. The van der Waals surface area contributed by atoms with Crippen LogP contribution in [0.3, 0.4) is 0 Å². The van der Waals surface area contributed by atoms with E-state index >= 15 is 0 Å². The van der Waals surface area contributed by atoms with Gasteiger partial charge in [0.1, 0.15) is 0 Å². The second-order valence-corrected chi connectivity index (χ2v) is 5.73. The van der Waals surface area contributed by atoms with Crippen LogP contribution in [0.2, 0.25) is 0 Å². The van der Waals surface area contributed by atoms with E-state index in [1.54, 1.807) is 0 Å². The third-order valence-electron chi connectivity index (χ3n) is 4.09. The van der Waals surface area contributed by atoms with Gasteiger partial charge in [0.25, 0.3) is 0 Å².